The first-order valence-corrected chi connectivity index (χ1v) is 11.6. The van der Waals surface area contributed by atoms with Crippen molar-refractivity contribution in [2.45, 2.75) is 39.2 Å². The number of hydrogen-bond donors (Lipinski definition) is 4. The Kier molecular flexibility index (Phi) is 12.9. The minimum absolute atomic E-state index is 0.150. The van der Waals surface area contributed by atoms with Crippen molar-refractivity contribution in [1.82, 2.24) is 0 Å². The molecule has 40 heavy (non-hydrogen) atoms. The topological polar surface area (TPSA) is 228 Å². The standard InChI is InChI=1S/C26H28O14/c1-13(2)24(35)40-26(37)16(11-20(28)29)9-17(12-38-21(30)8-14(3)6-7-27)39-25(36)15-4-5-18(22(31)32)19(10-15)23(33)34/h4-5,8,10,16-17,27H,1,6-7,9,11-12H2,2-3H3,(H,28,29)(H,31,32)(H,33,34). The normalized spacial score (nSPS) is 12.4. The van der Waals surface area contributed by atoms with Gasteiger partial charge in [-0.2, -0.15) is 0 Å². The van der Waals surface area contributed by atoms with Gasteiger partial charge in [-0.1, -0.05) is 12.2 Å². The van der Waals surface area contributed by atoms with Crippen LogP contribution < -0.4 is 0 Å². The first kappa shape index (κ1) is 33.2. The summed E-state index contributed by atoms with van der Waals surface area (Å²) in [7, 11) is 0. The van der Waals surface area contributed by atoms with Gasteiger partial charge in [0, 0.05) is 24.7 Å². The summed E-state index contributed by atoms with van der Waals surface area (Å²) in [5.41, 5.74) is -1.44. The van der Waals surface area contributed by atoms with Crippen molar-refractivity contribution < 1.29 is 68.2 Å². The maximum Gasteiger partial charge on any atom is 0.340 e. The molecule has 0 aliphatic heterocycles. The Balaban J connectivity index is 3.30. The molecule has 0 aliphatic carbocycles. The predicted octanol–water partition coefficient (Wildman–Crippen LogP) is 1.61. The van der Waals surface area contributed by atoms with Gasteiger partial charge >= 0.3 is 41.8 Å². The predicted molar refractivity (Wildman–Crippen MR) is 132 cm³/mol. The molecule has 2 atom stereocenters. The van der Waals surface area contributed by atoms with Crippen LogP contribution in [-0.2, 0) is 33.4 Å². The lowest BCUT2D eigenvalue weighted by atomic mass is 9.98. The molecule has 0 radical (unpaired) electrons. The van der Waals surface area contributed by atoms with Crippen molar-refractivity contribution in [2.75, 3.05) is 13.2 Å². The Morgan fingerprint density at radius 2 is 1.60 bits per heavy atom. The summed E-state index contributed by atoms with van der Waals surface area (Å²) in [6, 6.07) is 2.57. The van der Waals surface area contributed by atoms with E-state index in [1.165, 1.54) is 13.8 Å². The summed E-state index contributed by atoms with van der Waals surface area (Å²) >= 11 is 0. The maximum atomic E-state index is 12.8. The number of aliphatic hydroxyl groups is 1. The fourth-order valence-corrected chi connectivity index (χ4v) is 3.12. The number of aliphatic hydroxyl groups excluding tert-OH is 1. The lowest BCUT2D eigenvalue weighted by molar-refractivity contribution is -0.163. The molecular weight excluding hydrogens is 536 g/mol. The van der Waals surface area contributed by atoms with Gasteiger partial charge in [0.15, 0.2) is 0 Å². The molecule has 2 unspecified atom stereocenters. The lowest BCUT2D eigenvalue weighted by Crippen LogP contribution is -2.32. The second-order valence-corrected chi connectivity index (χ2v) is 8.51. The van der Waals surface area contributed by atoms with E-state index >= 15 is 0 Å². The number of aromatic carboxylic acids is 2. The number of esters is 4. The molecule has 14 nitrogen and oxygen atoms in total. The van der Waals surface area contributed by atoms with Gasteiger partial charge in [0.25, 0.3) is 0 Å². The van der Waals surface area contributed by atoms with Crippen LogP contribution in [0.2, 0.25) is 0 Å². The van der Waals surface area contributed by atoms with Crippen LogP contribution in [0.3, 0.4) is 0 Å². The number of carbonyl (C=O) groups excluding carboxylic acids is 4. The van der Waals surface area contributed by atoms with Gasteiger partial charge in [0.1, 0.15) is 12.7 Å². The Morgan fingerprint density at radius 3 is 2.12 bits per heavy atom. The molecule has 4 N–H and O–H groups in total. The average Bonchev–Trinajstić information content (AvgIpc) is 2.85. The van der Waals surface area contributed by atoms with Gasteiger partial charge in [-0.05, 0) is 38.5 Å². The molecule has 216 valence electrons. The average molecular weight is 564 g/mol. The molecule has 0 saturated carbocycles. The van der Waals surface area contributed by atoms with E-state index in [9.17, 15) is 43.8 Å². The van der Waals surface area contributed by atoms with Crippen LogP contribution in [0.5, 0.6) is 0 Å². The highest BCUT2D eigenvalue weighted by Gasteiger charge is 2.32. The van der Waals surface area contributed by atoms with Crippen LogP contribution in [0.4, 0.5) is 0 Å². The molecule has 0 bridgehead atoms. The monoisotopic (exact) mass is 564 g/mol. The molecule has 1 aromatic rings. The van der Waals surface area contributed by atoms with Gasteiger partial charge in [-0.15, -0.1) is 0 Å². The summed E-state index contributed by atoms with van der Waals surface area (Å²) in [4.78, 5) is 83.3. The van der Waals surface area contributed by atoms with Crippen LogP contribution in [0.25, 0.3) is 0 Å². The third kappa shape index (κ3) is 10.9. The van der Waals surface area contributed by atoms with Crippen molar-refractivity contribution in [1.29, 1.82) is 0 Å². The smallest absolute Gasteiger partial charge is 0.340 e. The minimum atomic E-state index is -1.64. The summed E-state index contributed by atoms with van der Waals surface area (Å²) in [6.07, 6.45) is -1.77. The minimum Gasteiger partial charge on any atom is -0.481 e. The number of ether oxygens (including phenoxy) is 3. The highest BCUT2D eigenvalue weighted by molar-refractivity contribution is 6.04. The SMILES string of the molecule is C=C(C)C(=O)OC(=O)C(CC(=O)O)CC(COC(=O)C=C(C)CCO)OC(=O)c1ccc(C(=O)O)c(C(=O)O)c1. The van der Waals surface area contributed by atoms with Crippen molar-refractivity contribution in [3.8, 4) is 0 Å². The number of carbonyl (C=O) groups is 7. The number of rotatable bonds is 15. The van der Waals surface area contributed by atoms with Crippen LogP contribution in [-0.4, -0.2) is 81.5 Å². The Labute approximate surface area is 227 Å². The first-order chi connectivity index (χ1) is 18.7. The molecule has 0 amide bonds. The highest BCUT2D eigenvalue weighted by atomic mass is 16.6. The first-order valence-electron chi connectivity index (χ1n) is 11.6. The summed E-state index contributed by atoms with van der Waals surface area (Å²) < 4.78 is 14.9. The van der Waals surface area contributed by atoms with Gasteiger partial charge < -0.3 is 34.6 Å². The van der Waals surface area contributed by atoms with Crippen molar-refractivity contribution in [3.05, 3.63) is 58.7 Å². The van der Waals surface area contributed by atoms with E-state index in [1.54, 1.807) is 0 Å². The number of aliphatic carboxylic acids is 1. The Morgan fingerprint density at radius 1 is 0.975 bits per heavy atom. The molecule has 0 aromatic heterocycles. The van der Waals surface area contributed by atoms with Gasteiger partial charge in [0.05, 0.1) is 29.0 Å². The molecule has 0 fully saturated rings. The molecule has 1 aromatic carbocycles. The molecule has 0 saturated heterocycles. The molecular formula is C26H28O14. The summed E-state index contributed by atoms with van der Waals surface area (Å²) in [6.45, 7) is 5.16. The maximum absolute atomic E-state index is 12.8. The zero-order chi connectivity index (χ0) is 30.6. The number of carboxylic acid groups (broad SMARTS) is 3. The van der Waals surface area contributed by atoms with E-state index in [0.717, 1.165) is 24.3 Å². The van der Waals surface area contributed by atoms with Crippen molar-refractivity contribution in [3.63, 3.8) is 0 Å². The second-order valence-electron chi connectivity index (χ2n) is 8.51. The van der Waals surface area contributed by atoms with Crippen LogP contribution in [0, 0.1) is 5.92 Å². The second kappa shape index (κ2) is 15.5. The molecule has 1 rings (SSSR count). The van der Waals surface area contributed by atoms with Gasteiger partial charge in [-0.3, -0.25) is 9.59 Å². The van der Waals surface area contributed by atoms with Gasteiger partial charge in [0.2, 0.25) is 0 Å². The van der Waals surface area contributed by atoms with Gasteiger partial charge in [-0.25, -0.2) is 24.0 Å². The van der Waals surface area contributed by atoms with E-state index in [-0.39, 0.29) is 18.6 Å². The van der Waals surface area contributed by atoms with Crippen molar-refractivity contribution >= 4 is 41.8 Å². The van der Waals surface area contributed by atoms with Crippen LogP contribution in [0.1, 0.15) is 64.2 Å². The Bertz CT molecular complexity index is 1230. The van der Waals surface area contributed by atoms with E-state index in [0.29, 0.717) is 5.57 Å². The summed E-state index contributed by atoms with van der Waals surface area (Å²) in [5, 5.41) is 36.6. The summed E-state index contributed by atoms with van der Waals surface area (Å²) in [5.74, 6) is -10.8. The van der Waals surface area contributed by atoms with E-state index in [4.69, 9.17) is 19.7 Å². The van der Waals surface area contributed by atoms with Crippen LogP contribution >= 0.6 is 0 Å². The molecule has 0 heterocycles. The largest absolute Gasteiger partial charge is 0.481 e. The fourth-order valence-electron chi connectivity index (χ4n) is 3.12. The molecule has 14 heteroatoms. The zero-order valence-corrected chi connectivity index (χ0v) is 21.6. The van der Waals surface area contributed by atoms with E-state index < -0.39 is 89.9 Å². The molecule has 0 spiro atoms. The number of hydrogen-bond acceptors (Lipinski definition) is 11. The van der Waals surface area contributed by atoms with Crippen molar-refractivity contribution in [2.24, 2.45) is 5.92 Å². The number of carboxylic acids is 3. The number of benzene rings is 1. The van der Waals surface area contributed by atoms with Crippen LogP contribution in [0.15, 0.2) is 42.0 Å². The van der Waals surface area contributed by atoms with E-state index in [2.05, 4.69) is 11.3 Å². The quantitative estimate of drug-likeness (QED) is 0.103. The van der Waals surface area contributed by atoms with E-state index in [1.807, 2.05) is 0 Å². The fraction of sp³-hybridized carbons (Fsp3) is 0.346. The molecule has 0 aliphatic rings. The highest BCUT2D eigenvalue weighted by Crippen LogP contribution is 2.20. The lowest BCUT2D eigenvalue weighted by Gasteiger charge is -2.22. The third-order valence-electron chi connectivity index (χ3n) is 5.12. The zero-order valence-electron chi connectivity index (χ0n) is 21.6. The Hall–Kier alpha value is -4.85. The third-order valence-corrected chi connectivity index (χ3v) is 5.12.